The van der Waals surface area contributed by atoms with Gasteiger partial charge in [-0.2, -0.15) is 0 Å². The SMILES string of the molecule is C[C@H]1CNCCN1c1ccc(Nc2nc(Br)c[nH]c2=O)cc1[N+](=O)[O-]. The van der Waals surface area contributed by atoms with Crippen molar-refractivity contribution in [2.75, 3.05) is 29.9 Å². The number of anilines is 3. The number of aromatic nitrogens is 2. The maximum absolute atomic E-state index is 11.8. The van der Waals surface area contributed by atoms with Gasteiger partial charge in [-0.1, -0.05) is 0 Å². The second-order valence-electron chi connectivity index (χ2n) is 5.73. The molecule has 0 aliphatic carbocycles. The molecular formula is C15H17BrN6O3. The lowest BCUT2D eigenvalue weighted by atomic mass is 10.1. The maximum Gasteiger partial charge on any atom is 0.294 e. The molecule has 0 radical (unpaired) electrons. The average Bonchev–Trinajstić information content (AvgIpc) is 2.59. The Bertz CT molecular complexity index is 855. The number of rotatable bonds is 4. The molecule has 2 heterocycles. The molecule has 1 aliphatic rings. The largest absolute Gasteiger partial charge is 0.361 e. The van der Waals surface area contributed by atoms with Crippen LogP contribution in [0.15, 0.2) is 33.8 Å². The molecule has 3 N–H and O–H groups in total. The number of aromatic amines is 1. The van der Waals surface area contributed by atoms with Gasteiger partial charge in [-0.15, -0.1) is 0 Å². The minimum absolute atomic E-state index is 0.00910. The number of hydrogen-bond donors (Lipinski definition) is 3. The summed E-state index contributed by atoms with van der Waals surface area (Å²) < 4.78 is 0.454. The second kappa shape index (κ2) is 7.19. The third-order valence-electron chi connectivity index (χ3n) is 4.00. The van der Waals surface area contributed by atoms with Gasteiger partial charge in [-0.25, -0.2) is 4.98 Å². The third kappa shape index (κ3) is 3.80. The summed E-state index contributed by atoms with van der Waals surface area (Å²) >= 11 is 3.18. The van der Waals surface area contributed by atoms with Gasteiger partial charge < -0.3 is 20.5 Å². The minimum Gasteiger partial charge on any atom is -0.361 e. The van der Waals surface area contributed by atoms with E-state index in [4.69, 9.17) is 0 Å². The molecule has 1 saturated heterocycles. The highest BCUT2D eigenvalue weighted by molar-refractivity contribution is 9.10. The summed E-state index contributed by atoms with van der Waals surface area (Å²) in [6, 6.07) is 4.99. The number of nitro benzene ring substituents is 1. The molecule has 0 saturated carbocycles. The van der Waals surface area contributed by atoms with Gasteiger partial charge in [0.1, 0.15) is 10.3 Å². The Labute approximate surface area is 151 Å². The Morgan fingerprint density at radius 2 is 2.28 bits per heavy atom. The number of nitro groups is 1. The Kier molecular flexibility index (Phi) is 5.00. The summed E-state index contributed by atoms with van der Waals surface area (Å²) in [5, 5.41) is 17.6. The molecule has 0 unspecified atom stereocenters. The normalized spacial score (nSPS) is 17.4. The van der Waals surface area contributed by atoms with Gasteiger partial charge in [0.25, 0.3) is 11.2 Å². The Morgan fingerprint density at radius 3 is 3.00 bits per heavy atom. The first-order chi connectivity index (χ1) is 12.0. The van der Waals surface area contributed by atoms with Crippen LogP contribution in [0.3, 0.4) is 0 Å². The molecule has 1 aromatic carbocycles. The number of nitrogens with zero attached hydrogens (tertiary/aromatic N) is 3. The van der Waals surface area contributed by atoms with Crippen molar-refractivity contribution in [2.45, 2.75) is 13.0 Å². The Balaban J connectivity index is 1.95. The van der Waals surface area contributed by atoms with Gasteiger partial charge in [-0.05, 0) is 35.0 Å². The van der Waals surface area contributed by atoms with Gasteiger partial charge >= 0.3 is 0 Å². The molecule has 1 fully saturated rings. The first-order valence-electron chi connectivity index (χ1n) is 7.74. The van der Waals surface area contributed by atoms with Crippen LogP contribution in [0.5, 0.6) is 0 Å². The molecule has 1 aliphatic heterocycles. The van der Waals surface area contributed by atoms with E-state index in [0.717, 1.165) is 13.1 Å². The summed E-state index contributed by atoms with van der Waals surface area (Å²) in [6.45, 7) is 4.27. The number of nitrogens with one attached hydrogen (secondary N) is 3. The van der Waals surface area contributed by atoms with Crippen LogP contribution in [0.25, 0.3) is 0 Å². The molecule has 25 heavy (non-hydrogen) atoms. The van der Waals surface area contributed by atoms with Crippen LogP contribution in [0, 0.1) is 10.1 Å². The van der Waals surface area contributed by atoms with Crippen molar-refractivity contribution in [1.29, 1.82) is 0 Å². The monoisotopic (exact) mass is 408 g/mol. The van der Waals surface area contributed by atoms with E-state index in [1.165, 1.54) is 12.3 Å². The Morgan fingerprint density at radius 1 is 1.48 bits per heavy atom. The van der Waals surface area contributed by atoms with E-state index in [2.05, 4.69) is 36.5 Å². The molecule has 1 aromatic heterocycles. The van der Waals surface area contributed by atoms with Gasteiger partial charge in [0.05, 0.1) is 4.92 Å². The van der Waals surface area contributed by atoms with Crippen molar-refractivity contribution in [1.82, 2.24) is 15.3 Å². The van der Waals surface area contributed by atoms with Crippen molar-refractivity contribution in [3.8, 4) is 0 Å². The van der Waals surface area contributed by atoms with Crippen LogP contribution in [0.2, 0.25) is 0 Å². The highest BCUT2D eigenvalue weighted by Gasteiger charge is 2.25. The zero-order valence-corrected chi connectivity index (χ0v) is 15.0. The molecule has 3 rings (SSSR count). The van der Waals surface area contributed by atoms with E-state index in [1.54, 1.807) is 12.1 Å². The van der Waals surface area contributed by atoms with Crippen LogP contribution in [-0.4, -0.2) is 40.6 Å². The molecule has 9 nitrogen and oxygen atoms in total. The topological polar surface area (TPSA) is 116 Å². The number of halogens is 1. The molecule has 10 heteroatoms. The lowest BCUT2D eigenvalue weighted by molar-refractivity contribution is -0.384. The fourth-order valence-corrected chi connectivity index (χ4v) is 3.09. The van der Waals surface area contributed by atoms with Gasteiger partial charge in [0, 0.05) is 43.6 Å². The fourth-order valence-electron chi connectivity index (χ4n) is 2.79. The zero-order chi connectivity index (χ0) is 18.0. The Hall–Kier alpha value is -2.46. The minimum atomic E-state index is -0.411. The summed E-state index contributed by atoms with van der Waals surface area (Å²) in [7, 11) is 0. The number of hydrogen-bond acceptors (Lipinski definition) is 7. The van der Waals surface area contributed by atoms with Crippen molar-refractivity contribution in [2.24, 2.45) is 0 Å². The first-order valence-corrected chi connectivity index (χ1v) is 8.53. The van der Waals surface area contributed by atoms with Crippen LogP contribution >= 0.6 is 15.9 Å². The van der Waals surface area contributed by atoms with E-state index < -0.39 is 10.5 Å². The van der Waals surface area contributed by atoms with E-state index in [0.29, 0.717) is 22.5 Å². The standard InChI is InChI=1S/C15H17BrN6O3/c1-9-7-17-4-5-21(9)11-3-2-10(6-12(11)22(24)25)19-14-15(23)18-8-13(16)20-14/h2-3,6,8-9,17H,4-5,7H2,1H3,(H,18,23)(H,19,20)/t9-/m0/s1. The molecule has 0 amide bonds. The van der Waals surface area contributed by atoms with Crippen LogP contribution in [0.1, 0.15) is 6.92 Å². The number of piperazine rings is 1. The number of H-pyrrole nitrogens is 1. The molecule has 2 aromatic rings. The quantitative estimate of drug-likeness (QED) is 0.522. The van der Waals surface area contributed by atoms with E-state index in [1.807, 2.05) is 11.8 Å². The van der Waals surface area contributed by atoms with Crippen LogP contribution in [-0.2, 0) is 0 Å². The second-order valence-corrected chi connectivity index (χ2v) is 6.55. The smallest absolute Gasteiger partial charge is 0.294 e. The molecule has 0 bridgehead atoms. The third-order valence-corrected chi connectivity index (χ3v) is 4.41. The molecule has 1 atom stereocenters. The summed E-state index contributed by atoms with van der Waals surface area (Å²) in [4.78, 5) is 31.5. The zero-order valence-electron chi connectivity index (χ0n) is 13.5. The van der Waals surface area contributed by atoms with Crippen molar-refractivity contribution < 1.29 is 4.92 Å². The van der Waals surface area contributed by atoms with E-state index >= 15 is 0 Å². The van der Waals surface area contributed by atoms with Gasteiger partial charge in [-0.3, -0.25) is 14.9 Å². The van der Waals surface area contributed by atoms with Crippen LogP contribution < -0.4 is 21.1 Å². The van der Waals surface area contributed by atoms with Crippen LogP contribution in [0.4, 0.5) is 22.9 Å². The maximum atomic E-state index is 11.8. The fraction of sp³-hybridized carbons (Fsp3) is 0.333. The lowest BCUT2D eigenvalue weighted by Crippen LogP contribution is -2.50. The molecule has 0 spiro atoms. The van der Waals surface area contributed by atoms with E-state index in [-0.39, 0.29) is 17.5 Å². The molecule has 132 valence electrons. The van der Waals surface area contributed by atoms with Crippen molar-refractivity contribution in [3.63, 3.8) is 0 Å². The molecular weight excluding hydrogens is 392 g/mol. The summed E-state index contributed by atoms with van der Waals surface area (Å²) in [5.74, 6) is 0.0620. The van der Waals surface area contributed by atoms with Gasteiger partial charge in [0.15, 0.2) is 5.82 Å². The number of benzene rings is 1. The van der Waals surface area contributed by atoms with Crippen molar-refractivity contribution >= 4 is 38.8 Å². The summed E-state index contributed by atoms with van der Waals surface area (Å²) in [5.41, 5.74) is 0.575. The lowest BCUT2D eigenvalue weighted by Gasteiger charge is -2.35. The predicted molar refractivity (Wildman–Crippen MR) is 98.6 cm³/mol. The van der Waals surface area contributed by atoms with Gasteiger partial charge in [0.2, 0.25) is 0 Å². The highest BCUT2D eigenvalue weighted by atomic mass is 79.9. The first kappa shape index (κ1) is 17.4. The van der Waals surface area contributed by atoms with E-state index in [9.17, 15) is 14.9 Å². The van der Waals surface area contributed by atoms with Crippen molar-refractivity contribution in [3.05, 3.63) is 49.5 Å². The predicted octanol–water partition coefficient (Wildman–Crippen LogP) is 1.98. The average molecular weight is 409 g/mol. The summed E-state index contributed by atoms with van der Waals surface area (Å²) in [6.07, 6.45) is 1.42. The highest BCUT2D eigenvalue weighted by Crippen LogP contribution is 2.33.